The molecule has 2 aromatic rings. The quantitative estimate of drug-likeness (QED) is 0.835. The summed E-state index contributed by atoms with van der Waals surface area (Å²) in [5, 5.41) is 3.75. The van der Waals surface area contributed by atoms with Crippen LogP contribution in [0, 0.1) is 12.7 Å². The molecule has 0 unspecified atom stereocenters. The highest BCUT2D eigenvalue weighted by Gasteiger charge is 2.36. The molecule has 1 atom stereocenters. The minimum Gasteiger partial charge on any atom is -0.338 e. The first-order valence-electron chi connectivity index (χ1n) is 7.14. The maximum Gasteiger partial charge on any atom is 0.246 e. The van der Waals surface area contributed by atoms with E-state index in [2.05, 4.69) is 10.1 Å². The molecule has 23 heavy (non-hydrogen) atoms. The van der Waals surface area contributed by atoms with Gasteiger partial charge in [0.2, 0.25) is 15.9 Å². The van der Waals surface area contributed by atoms with E-state index in [1.807, 2.05) is 11.9 Å². The smallest absolute Gasteiger partial charge is 0.246 e. The van der Waals surface area contributed by atoms with Crippen molar-refractivity contribution in [1.29, 1.82) is 0 Å². The van der Waals surface area contributed by atoms with E-state index in [4.69, 9.17) is 4.52 Å². The Bertz CT molecular complexity index is 808. The summed E-state index contributed by atoms with van der Waals surface area (Å²) in [5.41, 5.74) is 0. The van der Waals surface area contributed by atoms with E-state index in [9.17, 15) is 12.8 Å². The molecule has 0 radical (unpaired) electrons. The number of aromatic nitrogens is 2. The summed E-state index contributed by atoms with van der Waals surface area (Å²) >= 11 is 0. The molecular formula is C14H17FN4O3S. The van der Waals surface area contributed by atoms with Gasteiger partial charge in [0.1, 0.15) is 16.8 Å². The standard InChI is InChI=1S/C14H17FN4O3S/c1-10-16-14(22-17-10)12-9-19(8-7-18(12)2)23(20,21)13-6-4-3-5-11(13)15/h3-6,12H,7-9H2,1-2H3/t12-/m0/s1. The second-order valence-electron chi connectivity index (χ2n) is 5.47. The fraction of sp³-hybridized carbons (Fsp3) is 0.429. The monoisotopic (exact) mass is 340 g/mol. The third kappa shape index (κ3) is 2.99. The summed E-state index contributed by atoms with van der Waals surface area (Å²) in [4.78, 5) is 5.81. The molecule has 0 bridgehead atoms. The van der Waals surface area contributed by atoms with Crippen LogP contribution in [0.3, 0.4) is 0 Å². The average molecular weight is 340 g/mol. The van der Waals surface area contributed by atoms with Gasteiger partial charge in [-0.25, -0.2) is 12.8 Å². The first kappa shape index (κ1) is 16.0. The van der Waals surface area contributed by atoms with Crippen LogP contribution in [-0.2, 0) is 10.0 Å². The minimum absolute atomic E-state index is 0.134. The van der Waals surface area contributed by atoms with E-state index >= 15 is 0 Å². The number of likely N-dealkylation sites (N-methyl/N-ethyl adjacent to an activating group) is 1. The molecule has 0 spiro atoms. The number of halogens is 1. The average Bonchev–Trinajstić information content (AvgIpc) is 2.94. The molecule has 3 rings (SSSR count). The summed E-state index contributed by atoms with van der Waals surface area (Å²) in [7, 11) is -2.05. The second kappa shape index (κ2) is 5.99. The Morgan fingerprint density at radius 2 is 2.04 bits per heavy atom. The van der Waals surface area contributed by atoms with Crippen LogP contribution < -0.4 is 0 Å². The Balaban J connectivity index is 1.90. The Hall–Kier alpha value is -1.84. The fourth-order valence-electron chi connectivity index (χ4n) is 2.58. The molecule has 1 saturated heterocycles. The Kier molecular flexibility index (Phi) is 4.17. The maximum absolute atomic E-state index is 13.9. The Labute approximate surface area is 133 Å². The van der Waals surface area contributed by atoms with Gasteiger partial charge in [0, 0.05) is 19.6 Å². The third-order valence-corrected chi connectivity index (χ3v) is 5.79. The number of benzene rings is 1. The summed E-state index contributed by atoms with van der Waals surface area (Å²) in [6.07, 6.45) is 0. The predicted octanol–water partition coefficient (Wildman–Crippen LogP) is 1.19. The maximum atomic E-state index is 13.9. The SMILES string of the molecule is Cc1noc([C@@H]2CN(S(=O)(=O)c3ccccc3F)CCN2C)n1. The van der Waals surface area contributed by atoms with E-state index < -0.39 is 15.8 Å². The number of piperazine rings is 1. The minimum atomic E-state index is -3.91. The number of aryl methyl sites for hydroxylation is 1. The zero-order valence-electron chi connectivity index (χ0n) is 12.8. The van der Waals surface area contributed by atoms with Gasteiger partial charge in [-0.2, -0.15) is 9.29 Å². The van der Waals surface area contributed by atoms with Gasteiger partial charge < -0.3 is 4.52 Å². The molecule has 2 heterocycles. The third-order valence-electron chi connectivity index (χ3n) is 3.89. The molecule has 1 aliphatic heterocycles. The van der Waals surface area contributed by atoms with E-state index in [1.54, 1.807) is 6.92 Å². The Morgan fingerprint density at radius 3 is 2.70 bits per heavy atom. The van der Waals surface area contributed by atoms with Crippen LogP contribution in [0.5, 0.6) is 0 Å². The number of nitrogens with zero attached hydrogens (tertiary/aromatic N) is 4. The normalized spacial score (nSPS) is 20.7. The molecular weight excluding hydrogens is 323 g/mol. The molecule has 7 nitrogen and oxygen atoms in total. The van der Waals surface area contributed by atoms with Crippen molar-refractivity contribution in [3.63, 3.8) is 0 Å². The molecule has 9 heteroatoms. The molecule has 0 aliphatic carbocycles. The van der Waals surface area contributed by atoms with Crippen LogP contribution in [0.1, 0.15) is 17.8 Å². The molecule has 0 amide bonds. The summed E-state index contributed by atoms with van der Waals surface area (Å²) in [6.45, 7) is 2.59. The zero-order chi connectivity index (χ0) is 16.6. The first-order valence-corrected chi connectivity index (χ1v) is 8.58. The topological polar surface area (TPSA) is 79.5 Å². The van der Waals surface area contributed by atoms with E-state index in [0.717, 1.165) is 6.07 Å². The van der Waals surface area contributed by atoms with E-state index in [-0.39, 0.29) is 24.0 Å². The van der Waals surface area contributed by atoms with Gasteiger partial charge in [-0.1, -0.05) is 17.3 Å². The van der Waals surface area contributed by atoms with Crippen LogP contribution in [0.2, 0.25) is 0 Å². The van der Waals surface area contributed by atoms with Crippen molar-refractivity contribution in [2.75, 3.05) is 26.7 Å². The van der Waals surface area contributed by atoms with Gasteiger partial charge in [0.15, 0.2) is 5.82 Å². The van der Waals surface area contributed by atoms with Crippen molar-refractivity contribution < 1.29 is 17.3 Å². The molecule has 1 aromatic heterocycles. The Morgan fingerprint density at radius 1 is 1.30 bits per heavy atom. The van der Waals surface area contributed by atoms with Crippen molar-refractivity contribution >= 4 is 10.0 Å². The van der Waals surface area contributed by atoms with Crippen molar-refractivity contribution in [3.8, 4) is 0 Å². The lowest BCUT2D eigenvalue weighted by molar-refractivity contribution is 0.120. The number of rotatable bonds is 3. The van der Waals surface area contributed by atoms with Crippen molar-refractivity contribution in [3.05, 3.63) is 41.8 Å². The van der Waals surface area contributed by atoms with Crippen LogP contribution in [0.4, 0.5) is 4.39 Å². The number of sulfonamides is 1. The molecule has 1 fully saturated rings. The van der Waals surface area contributed by atoms with Crippen molar-refractivity contribution in [2.24, 2.45) is 0 Å². The lowest BCUT2D eigenvalue weighted by Gasteiger charge is -2.36. The summed E-state index contributed by atoms with van der Waals surface area (Å²) in [5.74, 6) is 0.0949. The van der Waals surface area contributed by atoms with Crippen molar-refractivity contribution in [2.45, 2.75) is 17.9 Å². The highest BCUT2D eigenvalue weighted by Crippen LogP contribution is 2.27. The van der Waals surface area contributed by atoms with Gasteiger partial charge in [-0.05, 0) is 26.1 Å². The predicted molar refractivity (Wildman–Crippen MR) is 79.6 cm³/mol. The zero-order valence-corrected chi connectivity index (χ0v) is 13.6. The molecule has 124 valence electrons. The van der Waals surface area contributed by atoms with Crippen molar-refractivity contribution in [1.82, 2.24) is 19.3 Å². The molecule has 1 aromatic carbocycles. The van der Waals surface area contributed by atoms with Crippen LogP contribution in [0.25, 0.3) is 0 Å². The van der Waals surface area contributed by atoms with Gasteiger partial charge >= 0.3 is 0 Å². The lowest BCUT2D eigenvalue weighted by Crippen LogP contribution is -2.49. The van der Waals surface area contributed by atoms with Crippen LogP contribution >= 0.6 is 0 Å². The summed E-state index contributed by atoms with van der Waals surface area (Å²) in [6, 6.07) is 5.02. The highest BCUT2D eigenvalue weighted by atomic mass is 32.2. The molecule has 1 aliphatic rings. The first-order chi connectivity index (χ1) is 10.9. The van der Waals surface area contributed by atoms with Gasteiger partial charge in [-0.3, -0.25) is 4.90 Å². The molecule has 0 saturated carbocycles. The fourth-order valence-corrected chi connectivity index (χ4v) is 4.08. The highest BCUT2D eigenvalue weighted by molar-refractivity contribution is 7.89. The van der Waals surface area contributed by atoms with E-state index in [0.29, 0.717) is 18.3 Å². The second-order valence-corrected chi connectivity index (χ2v) is 7.38. The lowest BCUT2D eigenvalue weighted by atomic mass is 10.2. The van der Waals surface area contributed by atoms with Gasteiger partial charge in [0.05, 0.1) is 0 Å². The largest absolute Gasteiger partial charge is 0.338 e. The van der Waals surface area contributed by atoms with Gasteiger partial charge in [0.25, 0.3) is 0 Å². The van der Waals surface area contributed by atoms with Crippen LogP contribution in [0.15, 0.2) is 33.7 Å². The summed E-state index contributed by atoms with van der Waals surface area (Å²) < 4.78 is 45.7. The number of hydrogen-bond donors (Lipinski definition) is 0. The molecule has 0 N–H and O–H groups in total. The van der Waals surface area contributed by atoms with E-state index in [1.165, 1.54) is 22.5 Å². The van der Waals surface area contributed by atoms with Gasteiger partial charge in [-0.15, -0.1) is 0 Å². The number of hydrogen-bond acceptors (Lipinski definition) is 6. The van der Waals surface area contributed by atoms with Crippen LogP contribution in [-0.4, -0.2) is 54.4 Å².